The Kier molecular flexibility index (Phi) is 5.35. The number of aryl methyl sites for hydroxylation is 1. The van der Waals surface area contributed by atoms with Crippen molar-refractivity contribution in [3.8, 4) is 0 Å². The second-order valence-electron chi connectivity index (χ2n) is 4.23. The Labute approximate surface area is 132 Å². The van der Waals surface area contributed by atoms with Gasteiger partial charge in [-0.3, -0.25) is 4.79 Å². The Balaban J connectivity index is 1.94. The summed E-state index contributed by atoms with van der Waals surface area (Å²) >= 11 is 13.3. The largest absolute Gasteiger partial charge is 0.325 e. The van der Waals surface area contributed by atoms with E-state index < -0.39 is 0 Å². The molecule has 0 aliphatic carbocycles. The number of nitrogens with one attached hydrogen (secondary N) is 1. The van der Waals surface area contributed by atoms with Gasteiger partial charge in [-0.2, -0.15) is 0 Å². The molecule has 2 nitrogen and oxygen atoms in total. The van der Waals surface area contributed by atoms with Gasteiger partial charge in [0.1, 0.15) is 0 Å². The third-order valence-electron chi connectivity index (χ3n) is 2.66. The second kappa shape index (κ2) is 7.02. The molecule has 0 aromatic heterocycles. The molecule has 2 rings (SSSR count). The third kappa shape index (κ3) is 4.17. The third-order valence-corrected chi connectivity index (χ3v) is 4.41. The maximum absolute atomic E-state index is 11.9. The smallest absolute Gasteiger partial charge is 0.234 e. The Morgan fingerprint density at radius 3 is 2.65 bits per heavy atom. The average Bonchev–Trinajstić information content (AvgIpc) is 2.41. The van der Waals surface area contributed by atoms with E-state index in [1.165, 1.54) is 11.8 Å². The first-order chi connectivity index (χ1) is 9.56. The summed E-state index contributed by atoms with van der Waals surface area (Å²) in [5.74, 6) is 0.242. The van der Waals surface area contributed by atoms with Gasteiger partial charge in [-0.15, -0.1) is 11.8 Å². The van der Waals surface area contributed by atoms with Crippen LogP contribution in [0.3, 0.4) is 0 Å². The fraction of sp³-hybridized carbons (Fsp3) is 0.133. The minimum atomic E-state index is -0.0691. The molecule has 0 atom stereocenters. The van der Waals surface area contributed by atoms with Gasteiger partial charge in [-0.1, -0.05) is 35.3 Å². The molecule has 0 saturated carbocycles. The fourth-order valence-corrected chi connectivity index (χ4v) is 2.92. The van der Waals surface area contributed by atoms with Crippen LogP contribution in [0.2, 0.25) is 10.0 Å². The van der Waals surface area contributed by atoms with E-state index in [0.717, 1.165) is 16.1 Å². The van der Waals surface area contributed by atoms with Crippen LogP contribution in [-0.2, 0) is 4.79 Å². The van der Waals surface area contributed by atoms with Crippen molar-refractivity contribution in [2.24, 2.45) is 0 Å². The molecule has 2 aromatic carbocycles. The molecular weight excluding hydrogens is 313 g/mol. The summed E-state index contributed by atoms with van der Waals surface area (Å²) < 4.78 is 0. The maximum atomic E-state index is 11.9. The molecule has 0 radical (unpaired) electrons. The zero-order chi connectivity index (χ0) is 14.5. The molecule has 0 saturated heterocycles. The first kappa shape index (κ1) is 15.2. The van der Waals surface area contributed by atoms with Crippen LogP contribution in [-0.4, -0.2) is 11.7 Å². The van der Waals surface area contributed by atoms with Crippen molar-refractivity contribution >= 4 is 46.6 Å². The first-order valence-corrected chi connectivity index (χ1v) is 7.74. The standard InChI is InChI=1S/C15H13Cl2NOS/c1-10-8-11(16)6-7-13(10)18-15(19)9-20-14-5-3-2-4-12(14)17/h2-8H,9H2,1H3,(H,18,19). The second-order valence-corrected chi connectivity index (χ2v) is 6.09. The maximum Gasteiger partial charge on any atom is 0.234 e. The van der Waals surface area contributed by atoms with Gasteiger partial charge in [0, 0.05) is 15.6 Å². The minimum absolute atomic E-state index is 0.0691. The summed E-state index contributed by atoms with van der Waals surface area (Å²) in [7, 11) is 0. The van der Waals surface area contributed by atoms with Gasteiger partial charge in [-0.05, 0) is 42.8 Å². The van der Waals surface area contributed by atoms with Crippen molar-refractivity contribution in [3.63, 3.8) is 0 Å². The van der Waals surface area contributed by atoms with Crippen LogP contribution in [0.1, 0.15) is 5.56 Å². The van der Waals surface area contributed by atoms with Crippen molar-refractivity contribution in [3.05, 3.63) is 58.1 Å². The lowest BCUT2D eigenvalue weighted by Crippen LogP contribution is -2.14. The van der Waals surface area contributed by atoms with Crippen molar-refractivity contribution in [1.82, 2.24) is 0 Å². The summed E-state index contributed by atoms with van der Waals surface area (Å²) in [6.07, 6.45) is 0. The minimum Gasteiger partial charge on any atom is -0.325 e. The number of rotatable bonds is 4. The number of hydrogen-bond donors (Lipinski definition) is 1. The molecule has 0 bridgehead atoms. The lowest BCUT2D eigenvalue weighted by molar-refractivity contribution is -0.113. The monoisotopic (exact) mass is 325 g/mol. The van der Waals surface area contributed by atoms with Gasteiger partial charge >= 0.3 is 0 Å². The van der Waals surface area contributed by atoms with Crippen molar-refractivity contribution < 1.29 is 4.79 Å². The van der Waals surface area contributed by atoms with E-state index in [1.54, 1.807) is 12.1 Å². The van der Waals surface area contributed by atoms with E-state index >= 15 is 0 Å². The van der Waals surface area contributed by atoms with Crippen molar-refractivity contribution in [1.29, 1.82) is 0 Å². The lowest BCUT2D eigenvalue weighted by Gasteiger charge is -2.09. The predicted molar refractivity (Wildman–Crippen MR) is 87.0 cm³/mol. The number of anilines is 1. The fourth-order valence-electron chi connectivity index (χ4n) is 1.66. The summed E-state index contributed by atoms with van der Waals surface area (Å²) in [6, 6.07) is 12.8. The highest BCUT2D eigenvalue weighted by atomic mass is 35.5. The van der Waals surface area contributed by atoms with E-state index in [4.69, 9.17) is 23.2 Å². The molecule has 104 valence electrons. The van der Waals surface area contributed by atoms with E-state index in [0.29, 0.717) is 15.8 Å². The molecule has 5 heteroatoms. The zero-order valence-corrected chi connectivity index (χ0v) is 13.1. The van der Waals surface area contributed by atoms with Gasteiger partial charge in [0.25, 0.3) is 0 Å². The van der Waals surface area contributed by atoms with E-state index in [2.05, 4.69) is 5.32 Å². The lowest BCUT2D eigenvalue weighted by atomic mass is 10.2. The number of halogens is 2. The van der Waals surface area contributed by atoms with Crippen LogP contribution in [0.4, 0.5) is 5.69 Å². The number of carbonyl (C=O) groups is 1. The summed E-state index contributed by atoms with van der Waals surface area (Å²) in [5, 5.41) is 4.18. The van der Waals surface area contributed by atoms with Crippen molar-refractivity contribution in [2.45, 2.75) is 11.8 Å². The number of thioether (sulfide) groups is 1. The summed E-state index contributed by atoms with van der Waals surface area (Å²) in [6.45, 7) is 1.91. The van der Waals surface area contributed by atoms with Crippen LogP contribution < -0.4 is 5.32 Å². The van der Waals surface area contributed by atoms with Gasteiger partial charge < -0.3 is 5.32 Å². The van der Waals surface area contributed by atoms with Crippen LogP contribution in [0.25, 0.3) is 0 Å². The topological polar surface area (TPSA) is 29.1 Å². The first-order valence-electron chi connectivity index (χ1n) is 5.99. The molecule has 2 aromatic rings. The quantitative estimate of drug-likeness (QED) is 0.798. The molecule has 1 amide bonds. The van der Waals surface area contributed by atoms with Crippen LogP contribution >= 0.6 is 35.0 Å². The Hall–Kier alpha value is -1.16. The average molecular weight is 326 g/mol. The molecule has 0 spiro atoms. The highest BCUT2D eigenvalue weighted by molar-refractivity contribution is 8.00. The van der Waals surface area contributed by atoms with E-state index in [9.17, 15) is 4.79 Å². The molecule has 0 heterocycles. The highest BCUT2D eigenvalue weighted by Gasteiger charge is 2.07. The molecule has 0 aliphatic heterocycles. The highest BCUT2D eigenvalue weighted by Crippen LogP contribution is 2.27. The Bertz CT molecular complexity index is 631. The Morgan fingerprint density at radius 2 is 1.95 bits per heavy atom. The van der Waals surface area contributed by atoms with Gasteiger partial charge in [0.2, 0.25) is 5.91 Å². The van der Waals surface area contributed by atoms with Crippen LogP contribution in [0, 0.1) is 6.92 Å². The van der Waals surface area contributed by atoms with Crippen LogP contribution in [0.5, 0.6) is 0 Å². The normalized spacial score (nSPS) is 10.3. The molecule has 20 heavy (non-hydrogen) atoms. The number of hydrogen-bond acceptors (Lipinski definition) is 2. The molecular formula is C15H13Cl2NOS. The number of amides is 1. The summed E-state index contributed by atoms with van der Waals surface area (Å²) in [4.78, 5) is 12.8. The van der Waals surface area contributed by atoms with Gasteiger partial charge in [0.15, 0.2) is 0 Å². The molecule has 0 unspecified atom stereocenters. The molecule has 0 aliphatic rings. The zero-order valence-electron chi connectivity index (χ0n) is 10.8. The van der Waals surface area contributed by atoms with Crippen LogP contribution in [0.15, 0.2) is 47.4 Å². The molecule has 0 fully saturated rings. The number of benzene rings is 2. The number of carbonyl (C=O) groups excluding carboxylic acids is 1. The SMILES string of the molecule is Cc1cc(Cl)ccc1NC(=O)CSc1ccccc1Cl. The Morgan fingerprint density at radius 1 is 1.20 bits per heavy atom. The molecule has 1 N–H and O–H groups in total. The van der Waals surface area contributed by atoms with Gasteiger partial charge in [0.05, 0.1) is 10.8 Å². The van der Waals surface area contributed by atoms with E-state index in [1.807, 2.05) is 37.3 Å². The van der Waals surface area contributed by atoms with E-state index in [-0.39, 0.29) is 5.91 Å². The van der Waals surface area contributed by atoms with Gasteiger partial charge in [-0.25, -0.2) is 0 Å². The summed E-state index contributed by atoms with van der Waals surface area (Å²) in [5.41, 5.74) is 1.72. The predicted octanol–water partition coefficient (Wildman–Crippen LogP) is 5.03. The van der Waals surface area contributed by atoms with Crippen molar-refractivity contribution in [2.75, 3.05) is 11.1 Å².